The van der Waals surface area contributed by atoms with Crippen LogP contribution in [0.3, 0.4) is 0 Å². The van der Waals surface area contributed by atoms with Crippen LogP contribution in [0.2, 0.25) is 0 Å². The fourth-order valence-corrected chi connectivity index (χ4v) is 9.85. The molecule has 0 N–H and O–H groups in total. The molecule has 2 heterocycles. The van der Waals surface area contributed by atoms with Crippen molar-refractivity contribution in [2.75, 3.05) is 4.90 Å². The van der Waals surface area contributed by atoms with Gasteiger partial charge in [-0.3, -0.25) is 0 Å². The quantitative estimate of drug-likeness (QED) is 0.185. The monoisotopic (exact) mass is 683 g/mol. The zero-order valence-electron chi connectivity index (χ0n) is 28.9. The number of ether oxygens (including phenoxy) is 3. The molecule has 6 aromatic rings. The summed E-state index contributed by atoms with van der Waals surface area (Å²) < 4.78 is 20.7. The molecule has 1 unspecified atom stereocenters. The van der Waals surface area contributed by atoms with Crippen LogP contribution in [0.5, 0.6) is 28.7 Å². The summed E-state index contributed by atoms with van der Waals surface area (Å²) in [6.07, 6.45) is 12.1. The first kappa shape index (κ1) is 29.1. The van der Waals surface area contributed by atoms with Crippen molar-refractivity contribution < 1.29 is 14.2 Å². The van der Waals surface area contributed by atoms with E-state index in [1.54, 1.807) is 0 Å². The van der Waals surface area contributed by atoms with Gasteiger partial charge in [-0.1, -0.05) is 109 Å². The highest BCUT2D eigenvalue weighted by atomic mass is 16.6. The highest BCUT2D eigenvalue weighted by Gasteiger charge is 2.53. The van der Waals surface area contributed by atoms with E-state index in [1.807, 2.05) is 12.1 Å². The Hall–Kier alpha value is -6.52. The number of anilines is 2. The van der Waals surface area contributed by atoms with Crippen LogP contribution in [0.4, 0.5) is 11.4 Å². The summed E-state index contributed by atoms with van der Waals surface area (Å²) in [5, 5.41) is 0. The lowest BCUT2D eigenvalue weighted by Gasteiger charge is -2.34. The first-order chi connectivity index (χ1) is 26.3. The Morgan fingerprint density at radius 2 is 1.30 bits per heavy atom. The van der Waals surface area contributed by atoms with Crippen LogP contribution in [0, 0.1) is 0 Å². The van der Waals surface area contributed by atoms with Crippen molar-refractivity contribution in [1.82, 2.24) is 0 Å². The van der Waals surface area contributed by atoms with Crippen LogP contribution in [0.1, 0.15) is 53.0 Å². The minimum atomic E-state index is -0.424. The minimum absolute atomic E-state index is 0.151. The zero-order valence-corrected chi connectivity index (χ0v) is 28.9. The maximum absolute atomic E-state index is 7.14. The van der Waals surface area contributed by atoms with Crippen LogP contribution in [0.15, 0.2) is 175 Å². The Balaban J connectivity index is 1.04. The number of hydrogen-bond donors (Lipinski definition) is 0. The van der Waals surface area contributed by atoms with E-state index in [9.17, 15) is 0 Å². The molecule has 1 atom stereocenters. The molecule has 6 aromatic carbocycles. The van der Waals surface area contributed by atoms with Gasteiger partial charge in [0, 0.05) is 11.3 Å². The maximum Gasteiger partial charge on any atom is 0.194 e. The molecule has 1 spiro atoms. The van der Waals surface area contributed by atoms with Gasteiger partial charge in [0.25, 0.3) is 0 Å². The molecule has 2 aliphatic heterocycles. The van der Waals surface area contributed by atoms with E-state index in [1.165, 1.54) is 50.1 Å². The number of para-hydroxylation sites is 3. The maximum atomic E-state index is 7.14. The first-order valence-electron chi connectivity index (χ1n) is 18.6. The van der Waals surface area contributed by atoms with Crippen LogP contribution < -0.4 is 19.1 Å². The van der Waals surface area contributed by atoms with Gasteiger partial charge < -0.3 is 19.1 Å². The lowest BCUT2D eigenvalue weighted by Crippen LogP contribution is -2.27. The van der Waals surface area contributed by atoms with Crippen molar-refractivity contribution in [2.24, 2.45) is 0 Å². The summed E-state index contributed by atoms with van der Waals surface area (Å²) in [6.45, 7) is 0. The molecule has 0 fully saturated rings. The molecular weight excluding hydrogens is 651 g/mol. The van der Waals surface area contributed by atoms with Crippen molar-refractivity contribution >= 4 is 16.9 Å². The topological polar surface area (TPSA) is 30.9 Å². The Morgan fingerprint density at radius 3 is 2.15 bits per heavy atom. The molecule has 0 bridgehead atoms. The van der Waals surface area contributed by atoms with E-state index in [-0.39, 0.29) is 5.92 Å². The summed E-state index contributed by atoms with van der Waals surface area (Å²) in [6, 6.07) is 47.5. The largest absolute Gasteiger partial charge is 0.459 e. The fourth-order valence-electron chi connectivity index (χ4n) is 9.85. The second-order valence-electron chi connectivity index (χ2n) is 14.6. The average molecular weight is 684 g/mol. The molecule has 6 aliphatic rings. The Bertz CT molecular complexity index is 2650. The molecule has 53 heavy (non-hydrogen) atoms. The van der Waals surface area contributed by atoms with Crippen molar-refractivity contribution in [2.45, 2.75) is 30.6 Å². The summed E-state index contributed by atoms with van der Waals surface area (Å²) in [5.41, 5.74) is 14.2. The van der Waals surface area contributed by atoms with E-state index in [2.05, 4.69) is 151 Å². The van der Waals surface area contributed by atoms with Gasteiger partial charge in [0.15, 0.2) is 23.0 Å². The number of allylic oxidation sites excluding steroid dienone is 7. The zero-order chi connectivity index (χ0) is 34.7. The van der Waals surface area contributed by atoms with Gasteiger partial charge in [0.1, 0.15) is 11.5 Å². The van der Waals surface area contributed by atoms with Gasteiger partial charge in [-0.25, -0.2) is 0 Å². The SMILES string of the molecule is C1=CC2=C(CC1)c1cc3c(cc1C21c2ccccc2-c2ccccc21)Oc1c(cccc1N(C1=C2Oc4ccccc4C2CC=C1)c1ccccc1)O3. The third kappa shape index (κ3) is 3.85. The average Bonchev–Trinajstić information content (AvgIpc) is 3.84. The lowest BCUT2D eigenvalue weighted by atomic mass is 9.69. The third-order valence-corrected chi connectivity index (χ3v) is 12.0. The van der Waals surface area contributed by atoms with Gasteiger partial charge in [-0.2, -0.15) is 0 Å². The lowest BCUT2D eigenvalue weighted by molar-refractivity contribution is 0.359. The molecular formula is C49H33NO3. The Morgan fingerprint density at radius 1 is 0.566 bits per heavy atom. The van der Waals surface area contributed by atoms with Gasteiger partial charge in [-0.15, -0.1) is 0 Å². The molecule has 0 radical (unpaired) electrons. The van der Waals surface area contributed by atoms with Crippen LogP contribution in [0.25, 0.3) is 16.7 Å². The summed E-state index contributed by atoms with van der Waals surface area (Å²) in [5.74, 6) is 4.87. The molecule has 4 nitrogen and oxygen atoms in total. The summed E-state index contributed by atoms with van der Waals surface area (Å²) in [4.78, 5) is 2.26. The fraction of sp³-hybridized carbons (Fsp3) is 0.102. The van der Waals surface area contributed by atoms with Crippen LogP contribution >= 0.6 is 0 Å². The molecule has 4 aliphatic carbocycles. The molecule has 0 aromatic heterocycles. The standard InChI is InChI=1S/C49H33NO3/c1-2-14-30(15-3-1)50(41-24-12-20-35-34-19-7-11-26-43(34)52-47(35)41)42-25-13-27-44-48(42)53-46-29-40-36(28-45(46)51-44)33-18-6-10-23-39(33)49(40)37-21-8-4-16-31(37)32-17-5-9-22-38(32)49/h1-5,7-17,19,21-29,35H,6,18,20H2. The van der Waals surface area contributed by atoms with E-state index in [0.29, 0.717) is 11.5 Å². The normalized spacial score (nSPS) is 18.5. The highest BCUT2D eigenvalue weighted by Crippen LogP contribution is 2.65. The second kappa shape index (κ2) is 10.8. The van der Waals surface area contributed by atoms with Gasteiger partial charge in [0.2, 0.25) is 0 Å². The smallest absolute Gasteiger partial charge is 0.194 e. The highest BCUT2D eigenvalue weighted by molar-refractivity contribution is 5.97. The van der Waals surface area contributed by atoms with Crippen LogP contribution in [-0.4, -0.2) is 0 Å². The molecule has 12 rings (SSSR count). The Kier molecular flexibility index (Phi) is 5.90. The second-order valence-corrected chi connectivity index (χ2v) is 14.6. The minimum Gasteiger partial charge on any atom is -0.459 e. The summed E-state index contributed by atoms with van der Waals surface area (Å²) in [7, 11) is 0. The molecule has 0 saturated heterocycles. The van der Waals surface area contributed by atoms with E-state index >= 15 is 0 Å². The predicted molar refractivity (Wildman–Crippen MR) is 209 cm³/mol. The van der Waals surface area contributed by atoms with E-state index in [4.69, 9.17) is 14.2 Å². The van der Waals surface area contributed by atoms with E-state index < -0.39 is 5.41 Å². The van der Waals surface area contributed by atoms with Gasteiger partial charge in [0.05, 0.1) is 22.7 Å². The van der Waals surface area contributed by atoms with Crippen molar-refractivity contribution in [1.29, 1.82) is 0 Å². The number of nitrogens with zero attached hydrogens (tertiary/aromatic N) is 1. The van der Waals surface area contributed by atoms with Gasteiger partial charge >= 0.3 is 0 Å². The molecule has 0 saturated carbocycles. The Labute approximate surface area is 308 Å². The van der Waals surface area contributed by atoms with Crippen molar-refractivity contribution in [3.05, 3.63) is 203 Å². The predicted octanol–water partition coefficient (Wildman–Crippen LogP) is 12.5. The van der Waals surface area contributed by atoms with Gasteiger partial charge in [-0.05, 0) is 112 Å². The van der Waals surface area contributed by atoms with Crippen molar-refractivity contribution in [3.63, 3.8) is 0 Å². The van der Waals surface area contributed by atoms with Crippen LogP contribution in [-0.2, 0) is 5.41 Å². The van der Waals surface area contributed by atoms with Crippen molar-refractivity contribution in [3.8, 4) is 39.9 Å². The molecule has 252 valence electrons. The first-order valence-corrected chi connectivity index (χ1v) is 18.6. The summed E-state index contributed by atoms with van der Waals surface area (Å²) >= 11 is 0. The third-order valence-electron chi connectivity index (χ3n) is 12.0. The molecule has 0 amide bonds. The number of fused-ring (bicyclic) bond motifs is 14. The molecule has 4 heteroatoms. The van der Waals surface area contributed by atoms with E-state index in [0.717, 1.165) is 59.3 Å². The number of hydrogen-bond acceptors (Lipinski definition) is 4. The number of rotatable bonds is 3. The number of benzene rings is 6.